The van der Waals surface area contributed by atoms with E-state index >= 15 is 0 Å². The van der Waals surface area contributed by atoms with Crippen LogP contribution in [-0.2, 0) is 0 Å². The van der Waals surface area contributed by atoms with Crippen LogP contribution in [0.4, 0.5) is 18.9 Å². The summed E-state index contributed by atoms with van der Waals surface area (Å²) in [4.78, 5) is 13.4. The van der Waals surface area contributed by atoms with E-state index in [-0.39, 0.29) is 5.56 Å². The Bertz CT molecular complexity index is 760. The first kappa shape index (κ1) is 17.1. The molecule has 7 heteroatoms. The number of carbonyl (C=O) groups is 1. The number of benzene rings is 2. The smallest absolute Gasteiger partial charge is 0.406 e. The van der Waals surface area contributed by atoms with Gasteiger partial charge in [0.25, 0.3) is 5.91 Å². The molecule has 0 saturated heterocycles. The van der Waals surface area contributed by atoms with E-state index in [1.165, 1.54) is 6.07 Å². The molecule has 2 aromatic rings. The van der Waals surface area contributed by atoms with Crippen LogP contribution in [0.2, 0.25) is 0 Å². The van der Waals surface area contributed by atoms with E-state index in [1.54, 1.807) is 42.5 Å². The predicted molar refractivity (Wildman–Crippen MR) is 87.5 cm³/mol. The summed E-state index contributed by atoms with van der Waals surface area (Å²) in [5.74, 6) is -0.0262. The first-order chi connectivity index (χ1) is 11.9. The van der Waals surface area contributed by atoms with Gasteiger partial charge in [-0.15, -0.1) is 0 Å². The lowest BCUT2D eigenvalue weighted by atomic mass is 10.0. The van der Waals surface area contributed by atoms with Gasteiger partial charge in [-0.2, -0.15) is 13.2 Å². The number of anilines is 1. The monoisotopic (exact) mass is 350 g/mol. The zero-order valence-corrected chi connectivity index (χ0v) is 13.5. The van der Waals surface area contributed by atoms with Crippen molar-refractivity contribution in [2.75, 3.05) is 18.5 Å². The summed E-state index contributed by atoms with van der Waals surface area (Å²) in [5.41, 5.74) is 1.30. The summed E-state index contributed by atoms with van der Waals surface area (Å²) in [6.45, 7) is 1.01. The lowest BCUT2D eigenvalue weighted by molar-refractivity contribution is -0.144. The molecule has 1 aliphatic heterocycles. The Balaban J connectivity index is 1.98. The van der Waals surface area contributed by atoms with Crippen LogP contribution in [0.15, 0.2) is 48.5 Å². The predicted octanol–water partition coefficient (Wildman–Crippen LogP) is 4.21. The number of hydrogen-bond acceptors (Lipinski definition) is 3. The van der Waals surface area contributed by atoms with Gasteiger partial charge < -0.3 is 15.0 Å². The second kappa shape index (κ2) is 6.66. The quantitative estimate of drug-likeness (QED) is 0.898. The first-order valence-electron chi connectivity index (χ1n) is 7.85. The number of halogens is 3. The number of nitrogens with zero attached hydrogens (tertiary/aromatic N) is 1. The molecule has 1 atom stereocenters. The van der Waals surface area contributed by atoms with E-state index in [0.29, 0.717) is 23.6 Å². The van der Waals surface area contributed by atoms with Gasteiger partial charge in [-0.1, -0.05) is 24.3 Å². The number of fused-ring (bicyclic) bond motifs is 1. The van der Waals surface area contributed by atoms with Gasteiger partial charge in [0.15, 0.2) is 0 Å². The van der Waals surface area contributed by atoms with E-state index in [9.17, 15) is 18.0 Å². The Kier molecular flexibility index (Phi) is 4.57. The van der Waals surface area contributed by atoms with Crippen molar-refractivity contribution in [2.24, 2.45) is 0 Å². The summed E-state index contributed by atoms with van der Waals surface area (Å²) in [6, 6.07) is 13.2. The average molecular weight is 350 g/mol. The van der Waals surface area contributed by atoms with Crippen molar-refractivity contribution >= 4 is 11.6 Å². The standard InChI is InChI=1S/C18H17F3N2O2/c1-2-25-13-9-7-12(8-10-13)16-22-15-6-4-3-5-14(15)17(24)23(16)11-18(19,20)21/h3-10,16,22H,2,11H2,1H3. The van der Waals surface area contributed by atoms with Crippen LogP contribution in [0.3, 0.4) is 0 Å². The highest BCUT2D eigenvalue weighted by Gasteiger charge is 2.40. The number of ether oxygens (including phenoxy) is 1. The molecule has 25 heavy (non-hydrogen) atoms. The second-order valence-corrected chi connectivity index (χ2v) is 5.64. The minimum atomic E-state index is -4.49. The molecule has 0 saturated carbocycles. The largest absolute Gasteiger partial charge is 0.494 e. The molecule has 1 amide bonds. The molecule has 3 rings (SSSR count). The average Bonchev–Trinajstić information content (AvgIpc) is 2.57. The van der Waals surface area contributed by atoms with Crippen molar-refractivity contribution in [3.05, 3.63) is 59.7 Å². The van der Waals surface area contributed by atoms with Crippen LogP contribution in [-0.4, -0.2) is 30.1 Å². The normalized spacial score (nSPS) is 17.0. The van der Waals surface area contributed by atoms with Crippen molar-refractivity contribution in [1.82, 2.24) is 4.90 Å². The third kappa shape index (κ3) is 3.70. The number of amides is 1. The van der Waals surface area contributed by atoms with Crippen LogP contribution in [0.25, 0.3) is 0 Å². The number of carbonyl (C=O) groups excluding carboxylic acids is 1. The van der Waals surface area contributed by atoms with Crippen molar-refractivity contribution < 1.29 is 22.7 Å². The lowest BCUT2D eigenvalue weighted by Gasteiger charge is -2.38. The Hall–Kier alpha value is -2.70. The van der Waals surface area contributed by atoms with Gasteiger partial charge >= 0.3 is 6.18 Å². The van der Waals surface area contributed by atoms with Gasteiger partial charge in [0.2, 0.25) is 0 Å². The molecule has 0 spiro atoms. The summed E-state index contributed by atoms with van der Waals surface area (Å²) in [5, 5.41) is 3.03. The van der Waals surface area contributed by atoms with Crippen molar-refractivity contribution in [3.8, 4) is 5.75 Å². The molecule has 1 unspecified atom stereocenters. The van der Waals surface area contributed by atoms with Crippen LogP contribution in [0.5, 0.6) is 5.75 Å². The van der Waals surface area contributed by atoms with Crippen LogP contribution in [0, 0.1) is 0 Å². The van der Waals surface area contributed by atoms with E-state index in [1.807, 2.05) is 6.92 Å². The topological polar surface area (TPSA) is 41.6 Å². The molecule has 1 N–H and O–H groups in total. The van der Waals surface area contributed by atoms with E-state index in [4.69, 9.17) is 4.74 Å². The fraction of sp³-hybridized carbons (Fsp3) is 0.278. The zero-order valence-electron chi connectivity index (χ0n) is 13.5. The molecular weight excluding hydrogens is 333 g/mol. The molecule has 0 aliphatic carbocycles. The highest BCUT2D eigenvalue weighted by molar-refractivity contribution is 6.01. The van der Waals surface area contributed by atoms with E-state index < -0.39 is 24.8 Å². The van der Waals surface area contributed by atoms with Gasteiger partial charge in [0, 0.05) is 5.69 Å². The second-order valence-electron chi connectivity index (χ2n) is 5.64. The maximum absolute atomic E-state index is 13.0. The molecule has 0 aromatic heterocycles. The number of para-hydroxylation sites is 1. The number of hydrogen-bond donors (Lipinski definition) is 1. The van der Waals surface area contributed by atoms with Gasteiger partial charge in [0.1, 0.15) is 18.5 Å². The fourth-order valence-electron chi connectivity index (χ4n) is 2.83. The summed E-state index contributed by atoms with van der Waals surface area (Å²) < 4.78 is 44.4. The van der Waals surface area contributed by atoms with Crippen LogP contribution >= 0.6 is 0 Å². The molecular formula is C18H17F3N2O2. The number of alkyl halides is 3. The summed E-state index contributed by atoms with van der Waals surface area (Å²) >= 11 is 0. The Morgan fingerprint density at radius 2 is 1.80 bits per heavy atom. The fourth-order valence-corrected chi connectivity index (χ4v) is 2.83. The van der Waals surface area contributed by atoms with Crippen molar-refractivity contribution in [2.45, 2.75) is 19.3 Å². The number of rotatable bonds is 4. The maximum atomic E-state index is 13.0. The SMILES string of the molecule is CCOc1ccc(C2Nc3ccccc3C(=O)N2CC(F)(F)F)cc1. The van der Waals surface area contributed by atoms with Gasteiger partial charge in [-0.25, -0.2) is 0 Å². The number of nitrogens with one attached hydrogen (secondary N) is 1. The maximum Gasteiger partial charge on any atom is 0.406 e. The lowest BCUT2D eigenvalue weighted by Crippen LogP contribution is -2.47. The van der Waals surface area contributed by atoms with Gasteiger partial charge in [0.05, 0.1) is 12.2 Å². The third-order valence-corrected chi connectivity index (χ3v) is 3.88. The highest BCUT2D eigenvalue weighted by Crippen LogP contribution is 2.35. The Morgan fingerprint density at radius 3 is 2.44 bits per heavy atom. The highest BCUT2D eigenvalue weighted by atomic mass is 19.4. The molecule has 0 radical (unpaired) electrons. The van der Waals surface area contributed by atoms with Crippen LogP contribution < -0.4 is 10.1 Å². The first-order valence-corrected chi connectivity index (χ1v) is 7.85. The summed E-state index contributed by atoms with van der Waals surface area (Å²) in [6.07, 6.45) is -5.40. The van der Waals surface area contributed by atoms with Gasteiger partial charge in [-0.3, -0.25) is 4.79 Å². The Morgan fingerprint density at radius 1 is 1.12 bits per heavy atom. The minimum absolute atomic E-state index is 0.230. The molecule has 132 valence electrons. The molecule has 4 nitrogen and oxygen atoms in total. The Labute approximate surface area is 143 Å². The molecule has 0 fully saturated rings. The summed E-state index contributed by atoms with van der Waals surface area (Å²) in [7, 11) is 0. The van der Waals surface area contributed by atoms with Crippen molar-refractivity contribution in [3.63, 3.8) is 0 Å². The van der Waals surface area contributed by atoms with E-state index in [0.717, 1.165) is 4.90 Å². The molecule has 1 aliphatic rings. The molecule has 1 heterocycles. The van der Waals surface area contributed by atoms with E-state index in [2.05, 4.69) is 5.32 Å². The molecule has 0 bridgehead atoms. The minimum Gasteiger partial charge on any atom is -0.494 e. The third-order valence-electron chi connectivity index (χ3n) is 3.88. The zero-order chi connectivity index (χ0) is 18.0. The van der Waals surface area contributed by atoms with Gasteiger partial charge in [-0.05, 0) is 36.8 Å². The van der Waals surface area contributed by atoms with Crippen molar-refractivity contribution in [1.29, 1.82) is 0 Å². The molecule has 2 aromatic carbocycles. The van der Waals surface area contributed by atoms with Crippen LogP contribution in [0.1, 0.15) is 29.0 Å².